The van der Waals surface area contributed by atoms with Gasteiger partial charge in [-0.25, -0.2) is 0 Å². The van der Waals surface area contributed by atoms with Gasteiger partial charge in [-0.15, -0.1) is 0 Å². The molecule has 1 heterocycles. The molecule has 0 saturated carbocycles. The molecule has 0 radical (unpaired) electrons. The Labute approximate surface area is 225 Å². The van der Waals surface area contributed by atoms with E-state index in [4.69, 9.17) is 11.6 Å². The van der Waals surface area contributed by atoms with E-state index in [1.54, 1.807) is 29.2 Å². The lowest BCUT2D eigenvalue weighted by Gasteiger charge is -2.36. The van der Waals surface area contributed by atoms with Gasteiger partial charge in [-0.2, -0.15) is 0 Å². The molecule has 3 aromatic rings. The van der Waals surface area contributed by atoms with Crippen molar-refractivity contribution >= 4 is 46.0 Å². The van der Waals surface area contributed by atoms with E-state index in [1.165, 1.54) is 0 Å². The van der Waals surface area contributed by atoms with Gasteiger partial charge in [0.2, 0.25) is 5.91 Å². The van der Waals surface area contributed by atoms with Crippen molar-refractivity contribution in [3.05, 3.63) is 104 Å². The van der Waals surface area contributed by atoms with Crippen LogP contribution in [-0.4, -0.2) is 35.8 Å². The normalized spacial score (nSPS) is 16.3. The summed E-state index contributed by atoms with van der Waals surface area (Å²) in [5, 5.41) is 7.18. The molecule has 1 fully saturated rings. The summed E-state index contributed by atoms with van der Waals surface area (Å²) < 4.78 is 0.940. The monoisotopic (exact) mass is 601 g/mol. The third-order valence-electron chi connectivity index (χ3n) is 6.25. The van der Waals surface area contributed by atoms with Gasteiger partial charge in [0, 0.05) is 33.3 Å². The Morgan fingerprint density at radius 2 is 1.71 bits per heavy atom. The van der Waals surface area contributed by atoms with E-state index in [0.29, 0.717) is 23.7 Å². The molecule has 1 aliphatic heterocycles. The molecular weight excluding hydrogens is 573 g/mol. The van der Waals surface area contributed by atoms with Crippen LogP contribution in [0.25, 0.3) is 0 Å². The summed E-state index contributed by atoms with van der Waals surface area (Å²) >= 11 is 8.33. The van der Waals surface area contributed by atoms with Gasteiger partial charge in [0.25, 0.3) is 5.91 Å². The van der Waals surface area contributed by atoms with E-state index in [2.05, 4.69) is 33.2 Å². The van der Waals surface area contributed by atoms with Crippen molar-refractivity contribution in [1.29, 1.82) is 0 Å². The van der Waals surface area contributed by atoms with Crippen LogP contribution in [0.3, 0.4) is 0 Å². The number of piperidine rings is 1. The van der Waals surface area contributed by atoms with Crippen molar-refractivity contribution < 1.29 is 9.59 Å². The Bertz CT molecular complexity index is 1130. The summed E-state index contributed by atoms with van der Waals surface area (Å²) in [6.45, 7) is 1.75. The van der Waals surface area contributed by atoms with Crippen molar-refractivity contribution in [2.45, 2.75) is 37.9 Å². The van der Waals surface area contributed by atoms with Crippen LogP contribution in [0.2, 0.25) is 5.02 Å². The van der Waals surface area contributed by atoms with Crippen molar-refractivity contribution in [2.75, 3.05) is 13.1 Å². The first kappa shape index (κ1) is 25.7. The molecule has 1 saturated heterocycles. The maximum atomic E-state index is 13.9. The summed E-state index contributed by atoms with van der Waals surface area (Å²) in [6, 6.07) is 23.8. The van der Waals surface area contributed by atoms with Gasteiger partial charge >= 0.3 is 0 Å². The second-order valence-corrected chi connectivity index (χ2v) is 10.3. The Balaban J connectivity index is 1.70. The molecule has 0 aromatic heterocycles. The van der Waals surface area contributed by atoms with Gasteiger partial charge in [0.1, 0.15) is 6.04 Å². The summed E-state index contributed by atoms with van der Waals surface area (Å²) in [4.78, 5) is 29.4. The standard InChI is InChI=1S/C28H29ClIN3O2/c29-22-15-13-21(14-16-22)28(35)33(19-23-10-6-7-17-31-23)26(24-11-4-5-12-25(24)30)27(34)32-18-20-8-2-1-3-9-20/h1-5,8-9,11-16,23,26,31H,6-7,10,17-19H2,(H,32,34). The summed E-state index contributed by atoms with van der Waals surface area (Å²) in [5.41, 5.74) is 2.33. The highest BCUT2D eigenvalue weighted by molar-refractivity contribution is 14.1. The van der Waals surface area contributed by atoms with Crippen LogP contribution in [0.4, 0.5) is 0 Å². The Hall–Kier alpha value is -2.42. The van der Waals surface area contributed by atoms with Gasteiger partial charge in [0.15, 0.2) is 0 Å². The van der Waals surface area contributed by atoms with Crippen LogP contribution in [-0.2, 0) is 11.3 Å². The van der Waals surface area contributed by atoms with Gasteiger partial charge in [-0.05, 0) is 83.4 Å². The van der Waals surface area contributed by atoms with Crippen LogP contribution in [0.15, 0.2) is 78.9 Å². The van der Waals surface area contributed by atoms with E-state index in [1.807, 2.05) is 54.6 Å². The minimum atomic E-state index is -0.765. The molecule has 3 aromatic carbocycles. The van der Waals surface area contributed by atoms with E-state index >= 15 is 0 Å². The number of hydrogen-bond donors (Lipinski definition) is 2. The van der Waals surface area contributed by atoms with Gasteiger partial charge < -0.3 is 15.5 Å². The van der Waals surface area contributed by atoms with Crippen molar-refractivity contribution in [1.82, 2.24) is 15.5 Å². The number of benzene rings is 3. The van der Waals surface area contributed by atoms with E-state index in [-0.39, 0.29) is 17.9 Å². The van der Waals surface area contributed by atoms with E-state index in [9.17, 15) is 9.59 Å². The fraction of sp³-hybridized carbons (Fsp3) is 0.286. The minimum Gasteiger partial charge on any atom is -0.350 e. The summed E-state index contributed by atoms with van der Waals surface area (Å²) in [5.74, 6) is -0.385. The first-order valence-corrected chi connectivity index (χ1v) is 13.3. The minimum absolute atomic E-state index is 0.130. The summed E-state index contributed by atoms with van der Waals surface area (Å²) in [7, 11) is 0. The summed E-state index contributed by atoms with van der Waals surface area (Å²) in [6.07, 6.45) is 3.20. The molecule has 2 amide bonds. The molecule has 2 unspecified atom stereocenters. The highest BCUT2D eigenvalue weighted by Crippen LogP contribution is 2.29. The second kappa shape index (κ2) is 12.5. The maximum absolute atomic E-state index is 13.9. The largest absolute Gasteiger partial charge is 0.350 e. The number of hydrogen-bond acceptors (Lipinski definition) is 3. The Kier molecular flexibility index (Phi) is 9.18. The zero-order valence-corrected chi connectivity index (χ0v) is 22.3. The first-order chi connectivity index (χ1) is 17.0. The van der Waals surface area contributed by atoms with Crippen LogP contribution in [0.5, 0.6) is 0 Å². The molecule has 5 nitrogen and oxygen atoms in total. The van der Waals surface area contributed by atoms with Crippen molar-refractivity contribution in [3.8, 4) is 0 Å². The Morgan fingerprint density at radius 3 is 2.40 bits per heavy atom. The zero-order valence-electron chi connectivity index (χ0n) is 19.4. The molecule has 0 spiro atoms. The van der Waals surface area contributed by atoms with Crippen LogP contribution in [0.1, 0.15) is 46.8 Å². The molecule has 182 valence electrons. The second-order valence-electron chi connectivity index (χ2n) is 8.74. The average Bonchev–Trinajstić information content (AvgIpc) is 2.89. The predicted molar refractivity (Wildman–Crippen MR) is 148 cm³/mol. The fourth-order valence-electron chi connectivity index (χ4n) is 4.41. The lowest BCUT2D eigenvalue weighted by Crippen LogP contribution is -2.50. The number of nitrogens with zero attached hydrogens (tertiary/aromatic N) is 1. The smallest absolute Gasteiger partial charge is 0.254 e. The molecule has 4 rings (SSSR count). The molecule has 7 heteroatoms. The third kappa shape index (κ3) is 6.84. The van der Waals surface area contributed by atoms with Crippen LogP contribution >= 0.6 is 34.2 Å². The number of rotatable bonds is 8. The number of nitrogens with one attached hydrogen (secondary N) is 2. The van der Waals surface area contributed by atoms with Crippen LogP contribution < -0.4 is 10.6 Å². The molecule has 2 N–H and O–H groups in total. The lowest BCUT2D eigenvalue weighted by molar-refractivity contribution is -0.126. The number of amides is 2. The fourth-order valence-corrected chi connectivity index (χ4v) is 5.22. The lowest BCUT2D eigenvalue weighted by atomic mass is 9.99. The van der Waals surface area contributed by atoms with E-state index in [0.717, 1.165) is 40.5 Å². The highest BCUT2D eigenvalue weighted by Gasteiger charge is 2.35. The molecule has 0 bridgehead atoms. The molecule has 1 aliphatic rings. The number of halogens is 2. The van der Waals surface area contributed by atoms with Crippen LogP contribution in [0, 0.1) is 3.57 Å². The third-order valence-corrected chi connectivity index (χ3v) is 7.49. The zero-order chi connectivity index (χ0) is 24.6. The van der Waals surface area contributed by atoms with Crippen molar-refractivity contribution in [2.24, 2.45) is 0 Å². The Morgan fingerprint density at radius 1 is 1.00 bits per heavy atom. The average molecular weight is 602 g/mol. The highest BCUT2D eigenvalue weighted by atomic mass is 127. The van der Waals surface area contributed by atoms with Gasteiger partial charge in [-0.1, -0.05) is 66.6 Å². The number of carbonyl (C=O) groups is 2. The number of carbonyl (C=O) groups excluding carboxylic acids is 2. The molecule has 0 aliphatic carbocycles. The quantitative estimate of drug-likeness (QED) is 0.331. The first-order valence-electron chi connectivity index (χ1n) is 11.9. The van der Waals surface area contributed by atoms with Gasteiger partial charge in [0.05, 0.1) is 0 Å². The predicted octanol–water partition coefficient (Wildman–Crippen LogP) is 5.59. The molecular formula is C28H29ClIN3O2. The maximum Gasteiger partial charge on any atom is 0.254 e. The molecule has 35 heavy (non-hydrogen) atoms. The van der Waals surface area contributed by atoms with Crippen molar-refractivity contribution in [3.63, 3.8) is 0 Å². The van der Waals surface area contributed by atoms with Gasteiger partial charge in [-0.3, -0.25) is 9.59 Å². The van der Waals surface area contributed by atoms with E-state index < -0.39 is 6.04 Å². The molecule has 2 atom stereocenters. The SMILES string of the molecule is O=C(NCc1ccccc1)C(c1ccccc1I)N(CC1CCCCN1)C(=O)c1ccc(Cl)cc1. The topological polar surface area (TPSA) is 61.4 Å².